The number of amides is 1. The summed E-state index contributed by atoms with van der Waals surface area (Å²) >= 11 is 0. The van der Waals surface area contributed by atoms with Crippen LogP contribution in [0.2, 0.25) is 0 Å². The van der Waals surface area contributed by atoms with E-state index in [1.54, 1.807) is 0 Å². The minimum atomic E-state index is -0.246. The number of pyridine rings is 1. The first-order chi connectivity index (χ1) is 16.0. The van der Waals surface area contributed by atoms with Crippen molar-refractivity contribution in [1.82, 2.24) is 15.2 Å². The van der Waals surface area contributed by atoms with E-state index in [1.807, 2.05) is 25.1 Å². The van der Waals surface area contributed by atoms with Gasteiger partial charge >= 0.3 is 5.97 Å². The number of carbonyl (C=O) groups excluding carboxylic acids is 2. The van der Waals surface area contributed by atoms with Gasteiger partial charge in [-0.15, -0.1) is 0 Å². The molecule has 1 aromatic heterocycles. The lowest BCUT2D eigenvalue weighted by Crippen LogP contribution is -2.45. The van der Waals surface area contributed by atoms with Crippen molar-refractivity contribution in [1.29, 1.82) is 5.26 Å². The Labute approximate surface area is 193 Å². The van der Waals surface area contributed by atoms with Crippen LogP contribution in [-0.2, 0) is 17.8 Å². The Hall–Kier alpha value is -3.44. The number of piperidine rings is 1. The van der Waals surface area contributed by atoms with Crippen molar-refractivity contribution in [3.05, 3.63) is 57.9 Å². The van der Waals surface area contributed by atoms with E-state index in [1.165, 1.54) is 17.8 Å². The molecule has 4 rings (SSSR count). The summed E-state index contributed by atoms with van der Waals surface area (Å²) in [5, 5.41) is 12.2. The van der Waals surface area contributed by atoms with Crippen LogP contribution in [0, 0.1) is 18.3 Å². The van der Waals surface area contributed by atoms with Gasteiger partial charge in [0.25, 0.3) is 5.91 Å². The SMILES string of the molecule is CCOc1cc(C(=O)NC2CCN(CCc3ccc4c(c3C)COC4=O)CC2)ncc1C#N. The highest BCUT2D eigenvalue weighted by Crippen LogP contribution is 2.26. The lowest BCUT2D eigenvalue weighted by atomic mass is 9.96. The van der Waals surface area contributed by atoms with Crippen LogP contribution in [0.15, 0.2) is 24.4 Å². The van der Waals surface area contributed by atoms with E-state index in [2.05, 4.69) is 22.1 Å². The van der Waals surface area contributed by atoms with E-state index in [0.29, 0.717) is 30.1 Å². The average molecular weight is 449 g/mol. The number of aromatic nitrogens is 1. The summed E-state index contributed by atoms with van der Waals surface area (Å²) in [5.41, 5.74) is 4.69. The smallest absolute Gasteiger partial charge is 0.338 e. The van der Waals surface area contributed by atoms with E-state index in [9.17, 15) is 9.59 Å². The van der Waals surface area contributed by atoms with Gasteiger partial charge in [0.15, 0.2) is 0 Å². The topological polar surface area (TPSA) is 105 Å². The maximum atomic E-state index is 12.7. The van der Waals surface area contributed by atoms with Gasteiger partial charge < -0.3 is 19.7 Å². The minimum absolute atomic E-state index is 0.0895. The number of cyclic esters (lactones) is 1. The van der Waals surface area contributed by atoms with Crippen LogP contribution in [-0.4, -0.2) is 54.0 Å². The largest absolute Gasteiger partial charge is 0.492 e. The molecule has 0 atom stereocenters. The highest BCUT2D eigenvalue weighted by molar-refractivity contribution is 5.94. The lowest BCUT2D eigenvalue weighted by molar-refractivity contribution is 0.0534. The third-order valence-electron chi connectivity index (χ3n) is 6.42. The summed E-state index contributed by atoms with van der Waals surface area (Å²) < 4.78 is 10.6. The normalized spacial score (nSPS) is 16.1. The third-order valence-corrected chi connectivity index (χ3v) is 6.42. The number of nitrogens with zero attached hydrogens (tertiary/aromatic N) is 3. The molecule has 8 heteroatoms. The predicted molar refractivity (Wildman–Crippen MR) is 121 cm³/mol. The van der Waals surface area contributed by atoms with E-state index >= 15 is 0 Å². The fraction of sp³-hybridized carbons (Fsp3) is 0.440. The molecule has 0 saturated carbocycles. The molecule has 0 spiro atoms. The molecule has 0 radical (unpaired) electrons. The zero-order valence-electron chi connectivity index (χ0n) is 19.0. The molecule has 0 bridgehead atoms. The molecule has 0 unspecified atom stereocenters. The minimum Gasteiger partial charge on any atom is -0.492 e. The molecule has 33 heavy (non-hydrogen) atoms. The maximum Gasteiger partial charge on any atom is 0.338 e. The fourth-order valence-corrected chi connectivity index (χ4v) is 4.43. The summed E-state index contributed by atoms with van der Waals surface area (Å²) in [7, 11) is 0. The highest BCUT2D eigenvalue weighted by atomic mass is 16.5. The molecule has 2 aliphatic heterocycles. The standard InChI is InChI=1S/C25H28N4O4/c1-3-32-23-12-22(27-14-18(23)13-26)24(30)28-19-7-10-29(11-8-19)9-6-17-4-5-20-21(16(17)2)15-33-25(20)31/h4-5,12,14,19H,3,6-11,15H2,1-2H3,(H,28,30). The van der Waals surface area contributed by atoms with Crippen LogP contribution < -0.4 is 10.1 Å². The van der Waals surface area contributed by atoms with Gasteiger partial charge in [0.05, 0.1) is 12.2 Å². The van der Waals surface area contributed by atoms with Crippen molar-refractivity contribution in [3.8, 4) is 11.8 Å². The van der Waals surface area contributed by atoms with Gasteiger partial charge in [-0.25, -0.2) is 9.78 Å². The number of fused-ring (bicyclic) bond motifs is 1. The molecule has 1 aromatic carbocycles. The second-order valence-electron chi connectivity index (χ2n) is 8.40. The Morgan fingerprint density at radius 2 is 2.15 bits per heavy atom. The summed E-state index contributed by atoms with van der Waals surface area (Å²) in [6.45, 7) is 7.42. The molecular weight excluding hydrogens is 420 g/mol. The summed E-state index contributed by atoms with van der Waals surface area (Å²) in [5.74, 6) is -0.0914. The van der Waals surface area contributed by atoms with Crippen LogP contribution >= 0.6 is 0 Å². The molecule has 8 nitrogen and oxygen atoms in total. The summed E-state index contributed by atoms with van der Waals surface area (Å²) in [6, 6.07) is 7.56. The zero-order chi connectivity index (χ0) is 23.4. The van der Waals surface area contributed by atoms with Gasteiger partial charge in [-0.3, -0.25) is 4.79 Å². The molecule has 1 fully saturated rings. The Balaban J connectivity index is 1.27. The summed E-state index contributed by atoms with van der Waals surface area (Å²) in [6.07, 6.45) is 4.03. The predicted octanol–water partition coefficient (Wildman–Crippen LogP) is 2.77. The van der Waals surface area contributed by atoms with Crippen LogP contribution in [0.5, 0.6) is 5.75 Å². The Bertz CT molecular complexity index is 1100. The van der Waals surface area contributed by atoms with Crippen molar-refractivity contribution in [2.75, 3.05) is 26.2 Å². The number of rotatable bonds is 7. The van der Waals surface area contributed by atoms with Crippen LogP contribution in [0.25, 0.3) is 0 Å². The van der Waals surface area contributed by atoms with E-state index in [0.717, 1.165) is 50.0 Å². The number of carbonyl (C=O) groups is 2. The van der Waals surface area contributed by atoms with Crippen molar-refractivity contribution in [3.63, 3.8) is 0 Å². The number of hydrogen-bond donors (Lipinski definition) is 1. The van der Waals surface area contributed by atoms with Crippen molar-refractivity contribution in [2.24, 2.45) is 0 Å². The first-order valence-electron chi connectivity index (χ1n) is 11.3. The van der Waals surface area contributed by atoms with Crippen molar-refractivity contribution < 1.29 is 19.1 Å². The molecule has 3 heterocycles. The molecule has 0 aliphatic carbocycles. The molecule has 1 N–H and O–H groups in total. The Morgan fingerprint density at radius 3 is 2.88 bits per heavy atom. The van der Waals surface area contributed by atoms with Crippen molar-refractivity contribution in [2.45, 2.75) is 45.8 Å². The van der Waals surface area contributed by atoms with Gasteiger partial charge in [-0.2, -0.15) is 5.26 Å². The first kappa shape index (κ1) is 22.7. The Morgan fingerprint density at radius 1 is 1.36 bits per heavy atom. The van der Waals surface area contributed by atoms with Crippen LogP contribution in [0.1, 0.15) is 62.9 Å². The number of ether oxygens (including phenoxy) is 2. The van der Waals surface area contributed by atoms with E-state index < -0.39 is 0 Å². The van der Waals surface area contributed by atoms with E-state index in [4.69, 9.17) is 14.7 Å². The van der Waals surface area contributed by atoms with Crippen LogP contribution in [0.4, 0.5) is 0 Å². The van der Waals surface area contributed by atoms with Gasteiger partial charge in [-0.05, 0) is 50.3 Å². The fourth-order valence-electron chi connectivity index (χ4n) is 4.43. The molecule has 2 aliphatic rings. The Kier molecular flexibility index (Phi) is 6.90. The van der Waals surface area contributed by atoms with Gasteiger partial charge in [-0.1, -0.05) is 6.07 Å². The summed E-state index contributed by atoms with van der Waals surface area (Å²) in [4.78, 5) is 30.9. The second kappa shape index (κ2) is 10.0. The van der Waals surface area contributed by atoms with Gasteiger partial charge in [0.2, 0.25) is 0 Å². The number of nitrogens with one attached hydrogen (secondary N) is 1. The van der Waals surface area contributed by atoms with Gasteiger partial charge in [0.1, 0.15) is 29.7 Å². The lowest BCUT2D eigenvalue weighted by Gasteiger charge is -2.32. The third kappa shape index (κ3) is 4.99. The zero-order valence-corrected chi connectivity index (χ0v) is 19.0. The molecular formula is C25H28N4O4. The number of benzene rings is 1. The number of nitriles is 1. The monoisotopic (exact) mass is 448 g/mol. The molecule has 1 amide bonds. The second-order valence-corrected chi connectivity index (χ2v) is 8.40. The van der Waals surface area contributed by atoms with Crippen LogP contribution in [0.3, 0.4) is 0 Å². The van der Waals surface area contributed by atoms with Crippen molar-refractivity contribution >= 4 is 11.9 Å². The number of esters is 1. The number of likely N-dealkylation sites (tertiary alicyclic amines) is 1. The molecule has 1 saturated heterocycles. The average Bonchev–Trinajstić information content (AvgIpc) is 3.21. The maximum absolute atomic E-state index is 12.7. The van der Waals surface area contributed by atoms with E-state index in [-0.39, 0.29) is 23.6 Å². The number of hydrogen-bond acceptors (Lipinski definition) is 7. The molecule has 2 aromatic rings. The van der Waals surface area contributed by atoms with Gasteiger partial charge in [0, 0.05) is 43.5 Å². The molecule has 172 valence electrons. The first-order valence-corrected chi connectivity index (χ1v) is 11.3. The highest BCUT2D eigenvalue weighted by Gasteiger charge is 2.25. The quantitative estimate of drug-likeness (QED) is 0.650.